The number of hydrogen-bond acceptors (Lipinski definition) is 9. The maximum Gasteiger partial charge on any atom is 0.274 e. The first kappa shape index (κ1) is 36.4. The molecule has 0 aliphatic rings. The van der Waals surface area contributed by atoms with Gasteiger partial charge in [0.05, 0.1) is 17.6 Å². The second kappa shape index (κ2) is 16.5. The molecule has 0 saturated carbocycles. The Kier molecular flexibility index (Phi) is 12.8. The second-order valence-electron chi connectivity index (χ2n) is 12.8. The summed E-state index contributed by atoms with van der Waals surface area (Å²) >= 11 is 0. The van der Waals surface area contributed by atoms with Gasteiger partial charge in [0.1, 0.15) is 30.2 Å². The van der Waals surface area contributed by atoms with Gasteiger partial charge < -0.3 is 25.0 Å². The lowest BCUT2D eigenvalue weighted by molar-refractivity contribution is -0.132. The number of aryl methyl sites for hydroxylation is 2. The number of allylic oxidation sites excluding steroid dienone is 1. The van der Waals surface area contributed by atoms with Crippen molar-refractivity contribution in [2.24, 2.45) is 11.3 Å². The Morgan fingerprint density at radius 3 is 2.38 bits per heavy atom. The fourth-order valence-electron chi connectivity index (χ4n) is 4.60. The van der Waals surface area contributed by atoms with Crippen LogP contribution in [0, 0.1) is 36.5 Å². The van der Waals surface area contributed by atoms with Crippen LogP contribution < -0.4 is 15.4 Å². The van der Waals surface area contributed by atoms with Crippen molar-refractivity contribution in [3.63, 3.8) is 0 Å². The van der Waals surface area contributed by atoms with Crippen LogP contribution in [-0.4, -0.2) is 52.4 Å². The molecule has 3 rings (SSSR count). The standard InChI is InChI=1S/C36H42N4O7/c1-22-10-12-25(13-11-22)20-38-34(44)28(17-31(42)33(24(3)41)39-35(45)30-14-23(2)47-40-30)21-46-29-9-7-8-26(16-29)15-27(19-37)32(43)18-36(4,5)6/h7-16,24,28,33,41H,17-18,20-21H2,1-6H3,(H,38,44)(H,39,45)/t24-,28+,33+/m1/s1. The molecule has 2 amide bonds. The van der Waals surface area contributed by atoms with Crippen LogP contribution in [0.4, 0.5) is 0 Å². The monoisotopic (exact) mass is 642 g/mol. The van der Waals surface area contributed by atoms with E-state index >= 15 is 0 Å². The molecule has 0 bridgehead atoms. The SMILES string of the molecule is Cc1ccc(CNC(=O)[C@H](COc2cccc(C=C(C#N)C(=O)CC(C)(C)C)c2)CC(=O)[C@@H](NC(=O)c2cc(C)on2)[C@@H](C)O)cc1. The molecule has 3 aromatic rings. The van der Waals surface area contributed by atoms with Crippen molar-refractivity contribution in [1.29, 1.82) is 5.26 Å². The molecule has 0 radical (unpaired) electrons. The lowest BCUT2D eigenvalue weighted by Gasteiger charge is -2.23. The number of nitrogens with one attached hydrogen (secondary N) is 2. The van der Waals surface area contributed by atoms with Crippen molar-refractivity contribution < 1.29 is 33.5 Å². The highest BCUT2D eigenvalue weighted by atomic mass is 16.5. The second-order valence-corrected chi connectivity index (χ2v) is 12.8. The first-order valence-electron chi connectivity index (χ1n) is 15.3. The van der Waals surface area contributed by atoms with E-state index in [9.17, 15) is 29.5 Å². The minimum absolute atomic E-state index is 0.0167. The summed E-state index contributed by atoms with van der Waals surface area (Å²) in [5.41, 5.74) is 2.17. The van der Waals surface area contributed by atoms with Crippen molar-refractivity contribution in [2.45, 2.75) is 73.1 Å². The fourth-order valence-corrected chi connectivity index (χ4v) is 4.60. The van der Waals surface area contributed by atoms with E-state index in [-0.39, 0.29) is 48.5 Å². The van der Waals surface area contributed by atoms with Crippen LogP contribution in [0.1, 0.15) is 73.5 Å². The Morgan fingerprint density at radius 1 is 1.09 bits per heavy atom. The summed E-state index contributed by atoms with van der Waals surface area (Å²) in [7, 11) is 0. The zero-order valence-corrected chi connectivity index (χ0v) is 27.6. The summed E-state index contributed by atoms with van der Waals surface area (Å²) in [5, 5.41) is 29.0. The minimum Gasteiger partial charge on any atom is -0.493 e. The normalized spacial score (nSPS) is 13.5. The van der Waals surface area contributed by atoms with Gasteiger partial charge in [0.15, 0.2) is 17.3 Å². The number of rotatable bonds is 15. The molecular weight excluding hydrogens is 600 g/mol. The van der Waals surface area contributed by atoms with Gasteiger partial charge >= 0.3 is 0 Å². The number of nitriles is 1. The predicted molar refractivity (Wildman–Crippen MR) is 175 cm³/mol. The van der Waals surface area contributed by atoms with E-state index in [1.54, 1.807) is 31.2 Å². The van der Waals surface area contributed by atoms with Crippen molar-refractivity contribution in [1.82, 2.24) is 15.8 Å². The Hall–Kier alpha value is -5.08. The van der Waals surface area contributed by atoms with Crippen LogP contribution in [0.5, 0.6) is 5.75 Å². The van der Waals surface area contributed by atoms with Gasteiger partial charge in [-0.1, -0.05) is 67.9 Å². The Balaban J connectivity index is 1.79. The van der Waals surface area contributed by atoms with Crippen LogP contribution in [-0.2, 0) is 20.9 Å². The average molecular weight is 643 g/mol. The molecule has 0 unspecified atom stereocenters. The number of aliphatic hydroxyl groups excluding tert-OH is 1. The summed E-state index contributed by atoms with van der Waals surface area (Å²) in [5.74, 6) is -2.27. The minimum atomic E-state index is -1.32. The van der Waals surface area contributed by atoms with Crippen molar-refractivity contribution in [3.05, 3.63) is 88.3 Å². The zero-order chi connectivity index (χ0) is 34.7. The maximum atomic E-state index is 13.4. The lowest BCUT2D eigenvalue weighted by Crippen LogP contribution is -2.49. The van der Waals surface area contributed by atoms with E-state index in [0.717, 1.165) is 11.1 Å². The molecule has 248 valence electrons. The summed E-state index contributed by atoms with van der Waals surface area (Å²) in [6.45, 7) is 10.7. The number of ketones is 2. The van der Waals surface area contributed by atoms with Crippen LogP contribution in [0.3, 0.4) is 0 Å². The molecule has 0 saturated heterocycles. The van der Waals surface area contributed by atoms with Crippen molar-refractivity contribution in [2.75, 3.05) is 6.61 Å². The van der Waals surface area contributed by atoms with E-state index < -0.39 is 35.7 Å². The van der Waals surface area contributed by atoms with E-state index in [1.807, 2.05) is 58.0 Å². The number of amides is 2. The van der Waals surface area contributed by atoms with E-state index in [1.165, 1.54) is 19.1 Å². The molecule has 0 aliphatic carbocycles. The first-order valence-corrected chi connectivity index (χ1v) is 15.3. The molecule has 11 nitrogen and oxygen atoms in total. The lowest BCUT2D eigenvalue weighted by atomic mass is 9.87. The largest absolute Gasteiger partial charge is 0.493 e. The number of carbonyl (C=O) groups excluding carboxylic acids is 4. The van der Waals surface area contributed by atoms with Gasteiger partial charge in [0.25, 0.3) is 5.91 Å². The highest BCUT2D eigenvalue weighted by Crippen LogP contribution is 2.23. The molecule has 1 heterocycles. The molecule has 2 aromatic carbocycles. The summed E-state index contributed by atoms with van der Waals surface area (Å²) < 4.78 is 10.9. The number of aliphatic hydroxyl groups is 1. The number of hydrogen-bond donors (Lipinski definition) is 3. The number of Topliss-reactive ketones (excluding diaryl/α,β-unsaturated/α-hetero) is 2. The average Bonchev–Trinajstić information content (AvgIpc) is 3.45. The zero-order valence-electron chi connectivity index (χ0n) is 27.6. The van der Waals surface area contributed by atoms with E-state index in [0.29, 0.717) is 17.1 Å². The molecule has 11 heteroatoms. The quantitative estimate of drug-likeness (QED) is 0.158. The molecule has 47 heavy (non-hydrogen) atoms. The van der Waals surface area contributed by atoms with Gasteiger partial charge in [-0.2, -0.15) is 5.26 Å². The first-order chi connectivity index (χ1) is 22.1. The summed E-state index contributed by atoms with van der Waals surface area (Å²) in [4.78, 5) is 52.2. The summed E-state index contributed by atoms with van der Waals surface area (Å²) in [6.07, 6.45) is 0.0767. The third-order valence-corrected chi connectivity index (χ3v) is 7.11. The molecule has 0 fully saturated rings. The number of ether oxygens (including phenoxy) is 1. The van der Waals surface area contributed by atoms with Gasteiger partial charge in [-0.3, -0.25) is 19.2 Å². The predicted octanol–water partition coefficient (Wildman–Crippen LogP) is 4.65. The Labute approximate surface area is 275 Å². The van der Waals surface area contributed by atoms with Crippen LogP contribution in [0.15, 0.2) is 64.7 Å². The van der Waals surface area contributed by atoms with Gasteiger partial charge in [-0.05, 0) is 55.5 Å². The molecular formula is C36H42N4O7. The third-order valence-electron chi connectivity index (χ3n) is 7.11. The highest BCUT2D eigenvalue weighted by molar-refractivity contribution is 6.03. The van der Waals surface area contributed by atoms with Crippen molar-refractivity contribution in [3.8, 4) is 11.8 Å². The topological polar surface area (TPSA) is 172 Å². The Bertz CT molecular complexity index is 1640. The van der Waals surface area contributed by atoms with Crippen LogP contribution in [0.2, 0.25) is 0 Å². The number of nitrogens with zero attached hydrogens (tertiary/aromatic N) is 2. The summed E-state index contributed by atoms with van der Waals surface area (Å²) in [6, 6.07) is 16.4. The number of benzene rings is 2. The fraction of sp³-hybridized carbons (Fsp3) is 0.389. The van der Waals surface area contributed by atoms with Crippen LogP contribution >= 0.6 is 0 Å². The van der Waals surface area contributed by atoms with E-state index in [4.69, 9.17) is 9.26 Å². The number of carbonyl (C=O) groups is 4. The van der Waals surface area contributed by atoms with Crippen LogP contribution in [0.25, 0.3) is 6.08 Å². The molecule has 3 atom stereocenters. The highest BCUT2D eigenvalue weighted by Gasteiger charge is 2.32. The molecule has 0 spiro atoms. The van der Waals surface area contributed by atoms with Gasteiger partial charge in [0, 0.05) is 25.5 Å². The molecule has 3 N–H and O–H groups in total. The molecule has 1 aromatic heterocycles. The van der Waals surface area contributed by atoms with Gasteiger partial charge in [-0.25, -0.2) is 0 Å². The molecule has 0 aliphatic heterocycles. The third kappa shape index (κ3) is 11.7. The van der Waals surface area contributed by atoms with Gasteiger partial charge in [0.2, 0.25) is 5.91 Å². The van der Waals surface area contributed by atoms with Gasteiger partial charge in [-0.15, -0.1) is 0 Å². The smallest absolute Gasteiger partial charge is 0.274 e. The van der Waals surface area contributed by atoms with E-state index in [2.05, 4.69) is 15.8 Å². The maximum absolute atomic E-state index is 13.4. The number of aromatic nitrogens is 1. The van der Waals surface area contributed by atoms with Crippen molar-refractivity contribution >= 4 is 29.5 Å². The Morgan fingerprint density at radius 2 is 1.79 bits per heavy atom.